The van der Waals surface area contributed by atoms with E-state index < -0.39 is 5.41 Å². The van der Waals surface area contributed by atoms with Crippen molar-refractivity contribution in [3.63, 3.8) is 0 Å². The largest absolute Gasteiger partial charge is 0.468 e. The van der Waals surface area contributed by atoms with Crippen molar-refractivity contribution in [2.75, 3.05) is 7.11 Å². The number of esters is 1. The van der Waals surface area contributed by atoms with Crippen molar-refractivity contribution < 1.29 is 19.1 Å². The summed E-state index contributed by atoms with van der Waals surface area (Å²) < 4.78 is 5.20. The van der Waals surface area contributed by atoms with Crippen molar-refractivity contribution in [2.24, 2.45) is 44.3 Å². The first kappa shape index (κ1) is 25.0. The van der Waals surface area contributed by atoms with Gasteiger partial charge in [0.15, 0.2) is 5.78 Å². The van der Waals surface area contributed by atoms with E-state index in [2.05, 4.69) is 47.6 Å². The molecular weight excluding hydrogens is 436 g/mol. The van der Waals surface area contributed by atoms with Gasteiger partial charge in [0.2, 0.25) is 0 Å². The predicted octanol–water partition coefficient (Wildman–Crippen LogP) is 6.63. The molecule has 7 atom stereocenters. The van der Waals surface area contributed by atoms with Gasteiger partial charge in [-0.3, -0.25) is 14.4 Å². The second-order valence-corrected chi connectivity index (χ2v) is 14.4. The van der Waals surface area contributed by atoms with Gasteiger partial charge in [0.25, 0.3) is 0 Å². The van der Waals surface area contributed by atoms with E-state index in [1.807, 2.05) is 13.0 Å². The van der Waals surface area contributed by atoms with E-state index in [9.17, 15) is 14.4 Å². The maximum atomic E-state index is 14.2. The van der Waals surface area contributed by atoms with Crippen LogP contribution in [0.4, 0.5) is 0 Å². The number of hydrogen-bond donors (Lipinski definition) is 0. The number of methoxy groups -OCH3 is 1. The van der Waals surface area contributed by atoms with Crippen molar-refractivity contribution in [2.45, 2.75) is 99.8 Å². The number of ketones is 2. The third-order valence-electron chi connectivity index (χ3n) is 12.4. The topological polar surface area (TPSA) is 60.4 Å². The predicted molar refractivity (Wildman–Crippen MR) is 136 cm³/mol. The maximum Gasteiger partial charge on any atom is 0.315 e. The highest BCUT2D eigenvalue weighted by Gasteiger charge is 2.69. The van der Waals surface area contributed by atoms with Gasteiger partial charge in [0.05, 0.1) is 12.5 Å². The van der Waals surface area contributed by atoms with Gasteiger partial charge in [-0.25, -0.2) is 0 Å². The zero-order valence-electron chi connectivity index (χ0n) is 23.1. The van der Waals surface area contributed by atoms with Crippen molar-refractivity contribution in [1.29, 1.82) is 0 Å². The van der Waals surface area contributed by atoms with Crippen molar-refractivity contribution in [3.8, 4) is 0 Å². The van der Waals surface area contributed by atoms with Crippen LogP contribution in [0.25, 0.3) is 0 Å². The lowest BCUT2D eigenvalue weighted by Crippen LogP contribution is -2.65. The number of carbonyl (C=O) groups excluding carboxylic acids is 3. The highest BCUT2D eigenvalue weighted by atomic mass is 16.5. The third kappa shape index (κ3) is 2.95. The Balaban J connectivity index is 1.67. The molecule has 4 heteroatoms. The van der Waals surface area contributed by atoms with E-state index in [0.717, 1.165) is 44.9 Å². The van der Waals surface area contributed by atoms with Crippen LogP contribution in [0.1, 0.15) is 99.8 Å². The molecule has 0 amide bonds. The van der Waals surface area contributed by atoms with Gasteiger partial charge >= 0.3 is 5.97 Å². The van der Waals surface area contributed by atoms with Gasteiger partial charge in [0.1, 0.15) is 5.78 Å². The Kier molecular flexibility index (Phi) is 5.13. The fourth-order valence-corrected chi connectivity index (χ4v) is 9.79. The van der Waals surface area contributed by atoms with E-state index in [1.165, 1.54) is 18.3 Å². The molecule has 192 valence electrons. The van der Waals surface area contributed by atoms with E-state index in [4.69, 9.17) is 4.74 Å². The number of hydrogen-bond acceptors (Lipinski definition) is 4. The number of ether oxygens (including phenoxy) is 1. The van der Waals surface area contributed by atoms with Crippen molar-refractivity contribution in [1.82, 2.24) is 0 Å². The molecular formula is C31H44O4. The van der Waals surface area contributed by atoms with Crippen LogP contribution in [0.15, 0.2) is 23.3 Å². The molecule has 0 bridgehead atoms. The minimum atomic E-state index is -0.652. The highest BCUT2D eigenvalue weighted by molar-refractivity contribution is 5.97. The summed E-state index contributed by atoms with van der Waals surface area (Å²) in [6.07, 6.45) is 11.3. The summed E-state index contributed by atoms with van der Waals surface area (Å²) in [6, 6.07) is 0. The molecule has 3 saturated carbocycles. The molecule has 0 unspecified atom stereocenters. The summed E-state index contributed by atoms with van der Waals surface area (Å²) in [7, 11) is 1.47. The summed E-state index contributed by atoms with van der Waals surface area (Å²) in [5, 5.41) is 0. The molecule has 0 aromatic heterocycles. The Labute approximate surface area is 211 Å². The van der Waals surface area contributed by atoms with Crippen LogP contribution < -0.4 is 0 Å². The first-order valence-corrected chi connectivity index (χ1v) is 13.7. The fraction of sp³-hybridized carbons (Fsp3) is 0.774. The lowest BCUT2D eigenvalue weighted by Gasteiger charge is -2.68. The van der Waals surface area contributed by atoms with Crippen molar-refractivity contribution in [3.05, 3.63) is 23.3 Å². The minimum Gasteiger partial charge on any atom is -0.468 e. The van der Waals surface area contributed by atoms with Gasteiger partial charge in [-0.05, 0) is 96.7 Å². The highest BCUT2D eigenvalue weighted by Crippen LogP contribution is 2.74. The van der Waals surface area contributed by atoms with Gasteiger partial charge in [-0.15, -0.1) is 0 Å². The second-order valence-electron chi connectivity index (χ2n) is 14.4. The normalized spacial score (nSPS) is 48.5. The van der Waals surface area contributed by atoms with E-state index in [1.54, 1.807) is 0 Å². The van der Waals surface area contributed by atoms with Crippen LogP contribution in [0.3, 0.4) is 0 Å². The van der Waals surface area contributed by atoms with Crippen LogP contribution >= 0.6 is 0 Å². The summed E-state index contributed by atoms with van der Waals surface area (Å²) in [6.45, 7) is 15.6. The Hall–Kier alpha value is -1.71. The first-order chi connectivity index (χ1) is 16.1. The van der Waals surface area contributed by atoms with Gasteiger partial charge in [-0.1, -0.05) is 47.6 Å². The lowest BCUT2D eigenvalue weighted by molar-refractivity contribution is -0.182. The molecule has 5 aliphatic carbocycles. The number of carbonyl (C=O) groups is 3. The quantitative estimate of drug-likeness (QED) is 0.395. The number of fused-ring (bicyclic) bond motifs is 7. The van der Waals surface area contributed by atoms with E-state index >= 15 is 0 Å². The molecule has 0 aliphatic heterocycles. The molecule has 0 saturated heterocycles. The number of allylic oxidation sites excluding steroid dienone is 3. The SMILES string of the molecule is COC(=O)[C@]1(C)C=C2C3=CC(=O)[C@@H]4[C@@]5(C)CCC(=O)C(C)(C)[C@H]5CC[C@]4(C)[C@]3(C)CC[C@]2(C)CC1. The van der Waals surface area contributed by atoms with E-state index in [0.29, 0.717) is 12.2 Å². The van der Waals surface area contributed by atoms with Gasteiger partial charge in [0, 0.05) is 17.8 Å². The standard InChI is InChI=1S/C31H44O4/c1-26(2)22-9-12-31(7)24(29(22,5)11-10-23(26)33)21(32)17-19-20-18-28(4,25(34)35-8)14-13-27(20,3)15-16-30(19,31)6/h17-18,22,24H,9-16H2,1-8H3/t22-,24-,27+,28+,29+,30-,31+/m1/s1. The molecule has 0 aromatic carbocycles. The second kappa shape index (κ2) is 7.19. The minimum absolute atomic E-state index is 0.0112. The Morgan fingerprint density at radius 2 is 1.54 bits per heavy atom. The number of Topliss-reactive ketones (excluding diaryl/α,β-unsaturated/α-hetero) is 1. The van der Waals surface area contributed by atoms with E-state index in [-0.39, 0.29) is 50.7 Å². The third-order valence-corrected chi connectivity index (χ3v) is 12.4. The zero-order valence-corrected chi connectivity index (χ0v) is 23.1. The monoisotopic (exact) mass is 480 g/mol. The maximum absolute atomic E-state index is 14.2. The average molecular weight is 481 g/mol. The average Bonchev–Trinajstić information content (AvgIpc) is 2.78. The smallest absolute Gasteiger partial charge is 0.315 e. The molecule has 0 N–H and O–H groups in total. The summed E-state index contributed by atoms with van der Waals surface area (Å²) in [4.78, 5) is 39.9. The molecule has 5 rings (SSSR count). The number of rotatable bonds is 1. The molecule has 0 radical (unpaired) electrons. The lowest BCUT2D eigenvalue weighted by atomic mass is 9.34. The van der Waals surface area contributed by atoms with Gasteiger partial charge in [-0.2, -0.15) is 0 Å². The molecule has 4 nitrogen and oxygen atoms in total. The van der Waals surface area contributed by atoms with Crippen LogP contribution in [0, 0.1) is 44.3 Å². The van der Waals surface area contributed by atoms with Crippen LogP contribution in [-0.4, -0.2) is 24.6 Å². The Bertz CT molecular complexity index is 1080. The van der Waals surface area contributed by atoms with Crippen LogP contribution in [0.2, 0.25) is 0 Å². The Morgan fingerprint density at radius 3 is 2.20 bits per heavy atom. The van der Waals surface area contributed by atoms with Gasteiger partial charge < -0.3 is 4.74 Å². The molecule has 0 spiro atoms. The molecule has 5 aliphatic rings. The summed E-state index contributed by atoms with van der Waals surface area (Å²) in [5.74, 6) is 0.580. The van der Waals surface area contributed by atoms with Crippen LogP contribution in [0.5, 0.6) is 0 Å². The van der Waals surface area contributed by atoms with Crippen molar-refractivity contribution >= 4 is 17.5 Å². The Morgan fingerprint density at radius 1 is 0.886 bits per heavy atom. The summed E-state index contributed by atoms with van der Waals surface area (Å²) >= 11 is 0. The fourth-order valence-electron chi connectivity index (χ4n) is 9.79. The zero-order chi connectivity index (χ0) is 25.8. The molecule has 3 fully saturated rings. The first-order valence-electron chi connectivity index (χ1n) is 13.7. The summed E-state index contributed by atoms with van der Waals surface area (Å²) in [5.41, 5.74) is 0.877. The van der Waals surface area contributed by atoms with Crippen LogP contribution in [-0.2, 0) is 19.1 Å². The molecule has 0 aromatic rings. The molecule has 35 heavy (non-hydrogen) atoms. The molecule has 0 heterocycles.